The molecule has 0 spiro atoms. The lowest BCUT2D eigenvalue weighted by molar-refractivity contribution is 0.0651. The third-order valence-electron chi connectivity index (χ3n) is 5.89. The van der Waals surface area contributed by atoms with Crippen LogP contribution in [-0.2, 0) is 6.42 Å². The second kappa shape index (κ2) is 8.72. The molecule has 0 saturated heterocycles. The van der Waals surface area contributed by atoms with Gasteiger partial charge in [0, 0.05) is 17.0 Å². The number of hydrogen-bond acceptors (Lipinski definition) is 6. The molecular formula is C26H21N3O4S. The zero-order valence-electron chi connectivity index (χ0n) is 18.4. The summed E-state index contributed by atoms with van der Waals surface area (Å²) >= 11 is 1.39. The van der Waals surface area contributed by atoms with Gasteiger partial charge in [-0.3, -0.25) is 24.6 Å². The van der Waals surface area contributed by atoms with Crippen molar-refractivity contribution in [1.82, 2.24) is 9.88 Å². The van der Waals surface area contributed by atoms with Crippen LogP contribution in [0.3, 0.4) is 0 Å². The van der Waals surface area contributed by atoms with Crippen molar-refractivity contribution < 1.29 is 19.5 Å². The molecule has 0 atom stereocenters. The Labute approximate surface area is 199 Å². The van der Waals surface area contributed by atoms with E-state index in [9.17, 15) is 19.5 Å². The van der Waals surface area contributed by atoms with Crippen LogP contribution in [0.4, 0.5) is 5.13 Å². The maximum absolute atomic E-state index is 12.7. The second-order valence-corrected chi connectivity index (χ2v) is 9.19. The minimum Gasteiger partial charge on any atom is -0.507 e. The highest BCUT2D eigenvalue weighted by atomic mass is 32.1. The SMILES string of the molecule is Cc1nc(NC(=O)c2ccc3ccccc3c2)sc1CCCN1C(=O)c2cccc(O)c2C1=O. The largest absolute Gasteiger partial charge is 0.507 e. The minimum absolute atomic E-state index is 0.0696. The predicted octanol–water partition coefficient (Wildman–Crippen LogP) is 4.79. The van der Waals surface area contributed by atoms with Crippen molar-refractivity contribution in [3.8, 4) is 5.75 Å². The molecule has 0 bridgehead atoms. The number of phenols is 1. The molecule has 3 aromatic carbocycles. The molecule has 0 saturated carbocycles. The number of anilines is 1. The summed E-state index contributed by atoms with van der Waals surface area (Å²) in [7, 11) is 0. The molecule has 170 valence electrons. The van der Waals surface area contributed by atoms with E-state index < -0.39 is 5.91 Å². The highest BCUT2D eigenvalue weighted by Gasteiger charge is 2.37. The number of rotatable bonds is 6. The first-order valence-electron chi connectivity index (χ1n) is 10.9. The van der Waals surface area contributed by atoms with Crippen LogP contribution in [-0.4, -0.2) is 39.3 Å². The Balaban J connectivity index is 1.22. The molecule has 0 unspecified atom stereocenters. The van der Waals surface area contributed by atoms with Gasteiger partial charge in [-0.15, -0.1) is 11.3 Å². The Kier molecular flexibility index (Phi) is 5.59. The molecular weight excluding hydrogens is 450 g/mol. The number of aromatic nitrogens is 1. The number of benzene rings is 3. The van der Waals surface area contributed by atoms with E-state index in [0.717, 1.165) is 21.3 Å². The van der Waals surface area contributed by atoms with Gasteiger partial charge in [-0.2, -0.15) is 0 Å². The van der Waals surface area contributed by atoms with Crippen LogP contribution < -0.4 is 5.32 Å². The van der Waals surface area contributed by atoms with E-state index in [4.69, 9.17) is 0 Å². The number of hydrogen-bond donors (Lipinski definition) is 2. The van der Waals surface area contributed by atoms with Crippen LogP contribution in [0.25, 0.3) is 10.8 Å². The average Bonchev–Trinajstić information content (AvgIpc) is 3.30. The number of thiazole rings is 1. The van der Waals surface area contributed by atoms with Crippen LogP contribution in [0.1, 0.15) is 48.1 Å². The number of amides is 3. The Morgan fingerprint density at radius 2 is 1.82 bits per heavy atom. The lowest BCUT2D eigenvalue weighted by Crippen LogP contribution is -2.30. The molecule has 1 aliphatic heterocycles. The summed E-state index contributed by atoms with van der Waals surface area (Å²) in [6.07, 6.45) is 1.15. The van der Waals surface area contributed by atoms with E-state index >= 15 is 0 Å². The fourth-order valence-corrected chi connectivity index (χ4v) is 5.13. The van der Waals surface area contributed by atoms with Crippen LogP contribution >= 0.6 is 11.3 Å². The van der Waals surface area contributed by atoms with Crippen molar-refractivity contribution in [2.24, 2.45) is 0 Å². The normalized spacial score (nSPS) is 12.9. The zero-order valence-corrected chi connectivity index (χ0v) is 19.2. The van der Waals surface area contributed by atoms with Crippen molar-refractivity contribution >= 4 is 45.0 Å². The van der Waals surface area contributed by atoms with Gasteiger partial charge in [0.05, 0.1) is 16.8 Å². The molecule has 1 aliphatic rings. The van der Waals surface area contributed by atoms with Crippen molar-refractivity contribution in [2.45, 2.75) is 19.8 Å². The van der Waals surface area contributed by atoms with Crippen molar-refractivity contribution in [3.63, 3.8) is 0 Å². The molecule has 5 rings (SSSR count). The van der Waals surface area contributed by atoms with E-state index in [1.54, 1.807) is 18.2 Å². The van der Waals surface area contributed by atoms with E-state index in [2.05, 4.69) is 10.3 Å². The summed E-state index contributed by atoms with van der Waals surface area (Å²) in [4.78, 5) is 44.5. The maximum atomic E-state index is 12.7. The highest BCUT2D eigenvalue weighted by molar-refractivity contribution is 7.15. The summed E-state index contributed by atoms with van der Waals surface area (Å²) in [6.45, 7) is 2.11. The third-order valence-corrected chi connectivity index (χ3v) is 7.02. The number of nitrogens with one attached hydrogen (secondary N) is 1. The molecule has 2 heterocycles. The fraction of sp³-hybridized carbons (Fsp3) is 0.154. The number of aryl methyl sites for hydroxylation is 2. The van der Waals surface area contributed by atoms with Gasteiger partial charge >= 0.3 is 0 Å². The van der Waals surface area contributed by atoms with E-state index in [1.165, 1.54) is 22.3 Å². The molecule has 8 heteroatoms. The van der Waals surface area contributed by atoms with Gasteiger partial charge < -0.3 is 5.11 Å². The third kappa shape index (κ3) is 3.92. The van der Waals surface area contributed by atoms with Crippen LogP contribution in [0.5, 0.6) is 5.75 Å². The molecule has 34 heavy (non-hydrogen) atoms. The first kappa shape index (κ1) is 21.8. The number of fused-ring (bicyclic) bond motifs is 2. The number of phenolic OH excluding ortho intramolecular Hbond substituents is 1. The van der Waals surface area contributed by atoms with Crippen molar-refractivity contribution in [1.29, 1.82) is 0 Å². The average molecular weight is 472 g/mol. The number of nitrogens with zero attached hydrogens (tertiary/aromatic N) is 2. The minimum atomic E-state index is -0.470. The number of carbonyl (C=O) groups excluding carboxylic acids is 3. The summed E-state index contributed by atoms with van der Waals surface area (Å²) in [5.41, 5.74) is 1.67. The van der Waals surface area contributed by atoms with Gasteiger partial charge in [0.2, 0.25) is 0 Å². The molecule has 1 aromatic heterocycles. The quantitative estimate of drug-likeness (QED) is 0.394. The van der Waals surface area contributed by atoms with Gasteiger partial charge in [-0.1, -0.05) is 36.4 Å². The summed E-state index contributed by atoms with van der Waals surface area (Å²) in [5.74, 6) is -1.26. The van der Waals surface area contributed by atoms with Gasteiger partial charge in [0.1, 0.15) is 5.75 Å². The van der Waals surface area contributed by atoms with E-state index in [1.807, 2.05) is 43.3 Å². The molecule has 0 radical (unpaired) electrons. The molecule has 4 aromatic rings. The molecule has 0 fully saturated rings. The van der Waals surface area contributed by atoms with Gasteiger partial charge in [0.15, 0.2) is 5.13 Å². The van der Waals surface area contributed by atoms with Gasteiger partial charge in [-0.25, -0.2) is 4.98 Å². The summed E-state index contributed by atoms with van der Waals surface area (Å²) in [5, 5.41) is 15.4. The molecule has 0 aliphatic carbocycles. The Morgan fingerprint density at radius 3 is 2.62 bits per heavy atom. The second-order valence-electron chi connectivity index (χ2n) is 8.11. The van der Waals surface area contributed by atoms with Crippen LogP contribution in [0.2, 0.25) is 0 Å². The lowest BCUT2D eigenvalue weighted by atomic mass is 10.1. The molecule has 7 nitrogen and oxygen atoms in total. The summed E-state index contributed by atoms with van der Waals surface area (Å²) in [6, 6.07) is 17.9. The number of imide groups is 1. The van der Waals surface area contributed by atoms with Crippen molar-refractivity contribution in [2.75, 3.05) is 11.9 Å². The summed E-state index contributed by atoms with van der Waals surface area (Å²) < 4.78 is 0. The van der Waals surface area contributed by atoms with E-state index in [-0.39, 0.29) is 35.2 Å². The smallest absolute Gasteiger partial charge is 0.265 e. The van der Waals surface area contributed by atoms with Gasteiger partial charge in [0.25, 0.3) is 17.7 Å². The van der Waals surface area contributed by atoms with Crippen molar-refractivity contribution in [3.05, 3.63) is 87.9 Å². The standard InChI is InChI=1S/C26H21N3O4S/c1-15-21(10-5-13-29-24(32)19-8-4-9-20(30)22(19)25(29)33)34-26(27-15)28-23(31)18-12-11-16-6-2-3-7-17(16)14-18/h2-4,6-9,11-12,14,30H,5,10,13H2,1H3,(H,27,28,31). The maximum Gasteiger partial charge on any atom is 0.265 e. The first-order chi connectivity index (χ1) is 16.4. The number of carbonyl (C=O) groups is 3. The lowest BCUT2D eigenvalue weighted by Gasteiger charge is -2.13. The Hall–Kier alpha value is -4.04. The van der Waals surface area contributed by atoms with E-state index in [0.29, 0.717) is 23.5 Å². The van der Waals surface area contributed by atoms with Gasteiger partial charge in [-0.05, 0) is 54.8 Å². The Bertz CT molecular complexity index is 1460. The Morgan fingerprint density at radius 1 is 1.03 bits per heavy atom. The van der Waals surface area contributed by atoms with Crippen LogP contribution in [0.15, 0.2) is 60.7 Å². The first-order valence-corrected chi connectivity index (χ1v) is 11.7. The van der Waals surface area contributed by atoms with Crippen LogP contribution in [0, 0.1) is 6.92 Å². The molecule has 3 amide bonds. The topological polar surface area (TPSA) is 99.6 Å². The highest BCUT2D eigenvalue weighted by Crippen LogP contribution is 2.31. The monoisotopic (exact) mass is 471 g/mol. The fourth-order valence-electron chi connectivity index (χ4n) is 4.13. The number of aromatic hydroxyl groups is 1. The zero-order chi connectivity index (χ0) is 23.8. The predicted molar refractivity (Wildman–Crippen MR) is 131 cm³/mol. The molecule has 2 N–H and O–H groups in total.